The molecule has 180 valence electrons. The Bertz CT molecular complexity index is 1330. The van der Waals surface area contributed by atoms with Crippen LogP contribution in [0.1, 0.15) is 43.9 Å². The summed E-state index contributed by atoms with van der Waals surface area (Å²) in [4.78, 5) is 33.9. The molecule has 0 unspecified atom stereocenters. The van der Waals surface area contributed by atoms with Gasteiger partial charge in [-0.1, -0.05) is 18.2 Å². The number of fused-ring (bicyclic) bond motifs is 1. The van der Waals surface area contributed by atoms with E-state index in [1.165, 1.54) is 0 Å². The number of aromatic amines is 1. The molecule has 3 heterocycles. The molecule has 1 aliphatic heterocycles. The molecule has 0 saturated carbocycles. The molecule has 0 saturated heterocycles. The molecule has 1 aliphatic rings. The molecule has 0 bridgehead atoms. The number of nitrogens with one attached hydrogen (secondary N) is 2. The van der Waals surface area contributed by atoms with E-state index in [2.05, 4.69) is 21.4 Å². The van der Waals surface area contributed by atoms with Crippen molar-refractivity contribution in [2.45, 2.75) is 39.4 Å². The third kappa shape index (κ3) is 5.98. The second kappa shape index (κ2) is 9.89. The number of nitriles is 1. The fourth-order valence-corrected chi connectivity index (χ4v) is 3.78. The summed E-state index contributed by atoms with van der Waals surface area (Å²) in [5, 5.41) is 12.6. The van der Waals surface area contributed by atoms with E-state index in [9.17, 15) is 9.59 Å². The molecular weight excluding hydrogens is 446 g/mol. The van der Waals surface area contributed by atoms with Crippen LogP contribution < -0.4 is 5.32 Å². The highest BCUT2D eigenvalue weighted by molar-refractivity contribution is 5.95. The van der Waals surface area contributed by atoms with Crippen LogP contribution in [0.2, 0.25) is 0 Å². The van der Waals surface area contributed by atoms with Crippen LogP contribution in [0.3, 0.4) is 0 Å². The van der Waals surface area contributed by atoms with E-state index in [4.69, 9.17) is 14.7 Å². The highest BCUT2D eigenvalue weighted by Crippen LogP contribution is 2.30. The number of aromatic nitrogens is 2. The van der Waals surface area contributed by atoms with Crippen molar-refractivity contribution in [1.29, 1.82) is 5.26 Å². The maximum absolute atomic E-state index is 12.3. The Morgan fingerprint density at radius 3 is 2.83 bits per heavy atom. The van der Waals surface area contributed by atoms with Gasteiger partial charge in [-0.25, -0.2) is 14.6 Å². The fraction of sp³-hybridized carbons (Fsp3) is 0.308. The lowest BCUT2D eigenvalue weighted by atomic mass is 9.99. The minimum Gasteiger partial charge on any atom is -0.444 e. The van der Waals surface area contributed by atoms with Crippen LogP contribution in [0, 0.1) is 11.3 Å². The molecule has 35 heavy (non-hydrogen) atoms. The van der Waals surface area contributed by atoms with Gasteiger partial charge in [-0.15, -0.1) is 0 Å². The number of carbonyl (C=O) groups excluding carboxylic acids is 2. The summed E-state index contributed by atoms with van der Waals surface area (Å²) in [5.74, 6) is 0. The SMILES string of the molecule is CC(C)(C)OC(=O)N1CC=C(c2c[nH]c3ncc(NC(=O)OCc4cccc(C#N)c4)cc23)CC1. The third-order valence-corrected chi connectivity index (χ3v) is 5.41. The van der Waals surface area contributed by atoms with Crippen molar-refractivity contribution in [1.82, 2.24) is 14.9 Å². The van der Waals surface area contributed by atoms with Gasteiger partial charge in [0.05, 0.1) is 23.5 Å². The molecule has 2 amide bonds. The lowest BCUT2D eigenvalue weighted by molar-refractivity contribution is 0.0270. The number of benzene rings is 1. The number of hydrogen-bond acceptors (Lipinski definition) is 6. The number of pyridine rings is 1. The molecule has 0 fully saturated rings. The number of nitrogens with zero attached hydrogens (tertiary/aromatic N) is 3. The molecule has 0 aliphatic carbocycles. The number of rotatable bonds is 4. The van der Waals surface area contributed by atoms with Gasteiger partial charge in [-0.05, 0) is 56.5 Å². The maximum Gasteiger partial charge on any atom is 0.412 e. The molecule has 9 heteroatoms. The lowest BCUT2D eigenvalue weighted by Gasteiger charge is -2.29. The first-order chi connectivity index (χ1) is 16.7. The van der Waals surface area contributed by atoms with Crippen LogP contribution >= 0.6 is 0 Å². The summed E-state index contributed by atoms with van der Waals surface area (Å²) in [6.45, 7) is 6.61. The van der Waals surface area contributed by atoms with E-state index < -0.39 is 11.7 Å². The predicted octanol–water partition coefficient (Wildman–Crippen LogP) is 5.21. The summed E-state index contributed by atoms with van der Waals surface area (Å²) >= 11 is 0. The molecule has 9 nitrogen and oxygen atoms in total. The van der Waals surface area contributed by atoms with Gasteiger partial charge in [0, 0.05) is 30.2 Å². The van der Waals surface area contributed by atoms with Crippen molar-refractivity contribution in [3.8, 4) is 6.07 Å². The van der Waals surface area contributed by atoms with Crippen molar-refractivity contribution >= 4 is 34.5 Å². The average Bonchev–Trinajstić information content (AvgIpc) is 3.25. The minimum atomic E-state index is -0.615. The van der Waals surface area contributed by atoms with Gasteiger partial charge in [-0.3, -0.25) is 5.32 Å². The molecule has 1 aromatic carbocycles. The zero-order valence-corrected chi connectivity index (χ0v) is 19.9. The summed E-state index contributed by atoms with van der Waals surface area (Å²) in [7, 11) is 0. The van der Waals surface area contributed by atoms with Crippen LogP contribution in [-0.4, -0.2) is 45.7 Å². The Morgan fingerprint density at radius 1 is 1.29 bits per heavy atom. The topological polar surface area (TPSA) is 120 Å². The monoisotopic (exact) mass is 473 g/mol. The van der Waals surface area contributed by atoms with E-state index in [1.54, 1.807) is 35.4 Å². The van der Waals surface area contributed by atoms with Gasteiger partial charge in [0.1, 0.15) is 17.9 Å². The first-order valence-corrected chi connectivity index (χ1v) is 11.3. The van der Waals surface area contributed by atoms with Crippen LogP contribution in [0.15, 0.2) is 48.8 Å². The van der Waals surface area contributed by atoms with E-state index in [-0.39, 0.29) is 12.7 Å². The zero-order chi connectivity index (χ0) is 25.0. The molecule has 3 aromatic rings. The van der Waals surface area contributed by atoms with E-state index in [1.807, 2.05) is 39.1 Å². The first-order valence-electron chi connectivity index (χ1n) is 11.3. The molecule has 0 spiro atoms. The van der Waals surface area contributed by atoms with Crippen molar-refractivity contribution in [2.24, 2.45) is 0 Å². The van der Waals surface area contributed by atoms with Crippen LogP contribution in [0.5, 0.6) is 0 Å². The number of anilines is 1. The Kier molecular flexibility index (Phi) is 6.73. The molecule has 0 radical (unpaired) electrons. The predicted molar refractivity (Wildman–Crippen MR) is 131 cm³/mol. The lowest BCUT2D eigenvalue weighted by Crippen LogP contribution is -2.39. The molecule has 4 rings (SSSR count). The Balaban J connectivity index is 1.42. The van der Waals surface area contributed by atoms with Gasteiger partial charge >= 0.3 is 12.2 Å². The highest BCUT2D eigenvalue weighted by Gasteiger charge is 2.24. The van der Waals surface area contributed by atoms with Crippen molar-refractivity contribution in [2.75, 3.05) is 18.4 Å². The van der Waals surface area contributed by atoms with Crippen LogP contribution in [0.25, 0.3) is 16.6 Å². The molecular formula is C26H27N5O4. The standard InChI is InChI=1S/C26H27N5O4/c1-26(2,3)35-25(33)31-9-7-19(8-10-31)22-15-29-23-21(22)12-20(14-28-23)30-24(32)34-16-18-6-4-5-17(11-18)13-27/h4-7,11-12,14-15H,8-10,16H2,1-3H3,(H,28,29)(H,30,32). The van der Waals surface area contributed by atoms with Gasteiger partial charge in [0.25, 0.3) is 0 Å². The summed E-state index contributed by atoms with van der Waals surface area (Å²) < 4.78 is 10.7. The van der Waals surface area contributed by atoms with E-state index in [0.717, 1.165) is 22.1 Å². The number of H-pyrrole nitrogens is 1. The Morgan fingerprint density at radius 2 is 2.11 bits per heavy atom. The summed E-state index contributed by atoms with van der Waals surface area (Å²) in [5.41, 5.74) is 3.97. The number of carbonyl (C=O) groups is 2. The normalized spacial score (nSPS) is 13.7. The van der Waals surface area contributed by atoms with Crippen molar-refractivity contribution in [3.63, 3.8) is 0 Å². The third-order valence-electron chi connectivity index (χ3n) is 5.41. The molecule has 0 atom stereocenters. The zero-order valence-electron chi connectivity index (χ0n) is 19.9. The van der Waals surface area contributed by atoms with Crippen LogP contribution in [0.4, 0.5) is 15.3 Å². The van der Waals surface area contributed by atoms with Gasteiger partial charge in [-0.2, -0.15) is 5.26 Å². The largest absolute Gasteiger partial charge is 0.444 e. The maximum atomic E-state index is 12.3. The fourth-order valence-electron chi connectivity index (χ4n) is 3.78. The second-order valence-corrected chi connectivity index (χ2v) is 9.24. The summed E-state index contributed by atoms with van der Waals surface area (Å²) in [6, 6.07) is 10.8. The van der Waals surface area contributed by atoms with Crippen molar-refractivity contribution in [3.05, 3.63) is 65.5 Å². The highest BCUT2D eigenvalue weighted by atomic mass is 16.6. The minimum absolute atomic E-state index is 0.0491. The Hall–Kier alpha value is -4.32. The molecule has 2 N–H and O–H groups in total. The Labute approximate surface area is 203 Å². The van der Waals surface area contributed by atoms with Gasteiger partial charge in [0.2, 0.25) is 0 Å². The second-order valence-electron chi connectivity index (χ2n) is 9.24. The van der Waals surface area contributed by atoms with Gasteiger partial charge in [0.15, 0.2) is 0 Å². The number of ether oxygens (including phenoxy) is 2. The van der Waals surface area contributed by atoms with Gasteiger partial charge < -0.3 is 19.4 Å². The number of hydrogen-bond donors (Lipinski definition) is 2. The quantitative estimate of drug-likeness (QED) is 0.537. The summed E-state index contributed by atoms with van der Waals surface area (Å²) in [6.07, 6.45) is 5.19. The average molecular weight is 474 g/mol. The number of amides is 2. The molecule has 2 aromatic heterocycles. The van der Waals surface area contributed by atoms with Crippen LogP contribution in [-0.2, 0) is 16.1 Å². The smallest absolute Gasteiger partial charge is 0.412 e. The first kappa shape index (κ1) is 23.8. The van der Waals surface area contributed by atoms with Crippen molar-refractivity contribution < 1.29 is 19.1 Å². The van der Waals surface area contributed by atoms with E-state index >= 15 is 0 Å². The van der Waals surface area contributed by atoms with E-state index in [0.29, 0.717) is 36.4 Å².